The maximum atomic E-state index is 13.0. The van der Waals surface area contributed by atoms with Crippen LogP contribution in [0.2, 0.25) is 0 Å². The second-order valence-corrected chi connectivity index (χ2v) is 4.47. The molecule has 1 unspecified atom stereocenters. The van der Waals surface area contributed by atoms with Gasteiger partial charge >= 0.3 is 0 Å². The molecule has 1 amide bonds. The highest BCUT2D eigenvalue weighted by Crippen LogP contribution is 2.11. The van der Waals surface area contributed by atoms with Crippen molar-refractivity contribution in [2.75, 3.05) is 13.6 Å². The summed E-state index contributed by atoms with van der Waals surface area (Å²) in [6.07, 6.45) is 1.94. The van der Waals surface area contributed by atoms with Gasteiger partial charge in [0.15, 0.2) is 0 Å². The van der Waals surface area contributed by atoms with Crippen LogP contribution in [-0.2, 0) is 11.3 Å². The SMILES string of the molecule is CN(Cc1cccc(F)c1)C(=O)C1CCCN1.Cl. The van der Waals surface area contributed by atoms with Crippen LogP contribution in [0.5, 0.6) is 0 Å². The molecule has 1 fully saturated rings. The lowest BCUT2D eigenvalue weighted by molar-refractivity contribution is -0.132. The molecule has 0 radical (unpaired) electrons. The first-order valence-electron chi connectivity index (χ1n) is 5.89. The molecule has 5 heteroatoms. The molecule has 18 heavy (non-hydrogen) atoms. The number of nitrogens with zero attached hydrogens (tertiary/aromatic N) is 1. The second-order valence-electron chi connectivity index (χ2n) is 4.47. The predicted octanol–water partition coefficient (Wildman–Crippen LogP) is 1.96. The average molecular weight is 273 g/mol. The number of amides is 1. The Hall–Kier alpha value is -1.13. The van der Waals surface area contributed by atoms with E-state index >= 15 is 0 Å². The van der Waals surface area contributed by atoms with Crippen molar-refractivity contribution in [2.24, 2.45) is 0 Å². The summed E-state index contributed by atoms with van der Waals surface area (Å²) in [6, 6.07) is 6.30. The largest absolute Gasteiger partial charge is 0.340 e. The van der Waals surface area contributed by atoms with Gasteiger partial charge in [0.2, 0.25) is 5.91 Å². The van der Waals surface area contributed by atoms with E-state index in [1.807, 2.05) is 6.07 Å². The van der Waals surface area contributed by atoms with Crippen molar-refractivity contribution in [2.45, 2.75) is 25.4 Å². The number of rotatable bonds is 3. The first kappa shape index (κ1) is 14.9. The lowest BCUT2D eigenvalue weighted by atomic mass is 10.1. The Morgan fingerprint density at radius 2 is 2.33 bits per heavy atom. The molecule has 3 nitrogen and oxygen atoms in total. The number of likely N-dealkylation sites (N-methyl/N-ethyl adjacent to an activating group) is 1. The van der Waals surface area contributed by atoms with Gasteiger partial charge in [0.25, 0.3) is 0 Å². The molecule has 0 aromatic heterocycles. The fraction of sp³-hybridized carbons (Fsp3) is 0.462. The van der Waals surface area contributed by atoms with Crippen LogP contribution in [0.25, 0.3) is 0 Å². The molecule has 0 bridgehead atoms. The maximum absolute atomic E-state index is 13.0. The molecule has 1 heterocycles. The van der Waals surface area contributed by atoms with Gasteiger partial charge in [0, 0.05) is 13.6 Å². The van der Waals surface area contributed by atoms with Gasteiger partial charge in [-0.3, -0.25) is 4.79 Å². The van der Waals surface area contributed by atoms with Crippen LogP contribution < -0.4 is 5.32 Å². The molecule has 1 aromatic carbocycles. The minimum atomic E-state index is -0.262. The minimum absolute atomic E-state index is 0. The van der Waals surface area contributed by atoms with E-state index in [1.54, 1.807) is 18.0 Å². The van der Waals surface area contributed by atoms with Gasteiger partial charge in [-0.25, -0.2) is 4.39 Å². The number of carbonyl (C=O) groups is 1. The Morgan fingerprint density at radius 1 is 1.56 bits per heavy atom. The van der Waals surface area contributed by atoms with Crippen LogP contribution in [0, 0.1) is 5.82 Å². The standard InChI is InChI=1S/C13H17FN2O.ClH/c1-16(13(17)12-6-3-7-15-12)9-10-4-2-5-11(14)8-10;/h2,4-5,8,12,15H,3,6-7,9H2,1H3;1H. The van der Waals surface area contributed by atoms with Crippen molar-refractivity contribution in [3.8, 4) is 0 Å². The Labute approximate surface area is 113 Å². The van der Waals surface area contributed by atoms with Crippen molar-refractivity contribution >= 4 is 18.3 Å². The predicted molar refractivity (Wildman–Crippen MR) is 71.1 cm³/mol. The highest BCUT2D eigenvalue weighted by atomic mass is 35.5. The van der Waals surface area contributed by atoms with Crippen molar-refractivity contribution in [1.29, 1.82) is 0 Å². The van der Waals surface area contributed by atoms with E-state index in [0.29, 0.717) is 6.54 Å². The zero-order valence-corrected chi connectivity index (χ0v) is 11.2. The summed E-state index contributed by atoms with van der Waals surface area (Å²) in [5.41, 5.74) is 0.818. The average Bonchev–Trinajstić information content (AvgIpc) is 2.81. The summed E-state index contributed by atoms with van der Waals surface area (Å²) >= 11 is 0. The molecular formula is C13H18ClFN2O. The van der Waals surface area contributed by atoms with E-state index in [1.165, 1.54) is 12.1 Å². The molecule has 100 valence electrons. The van der Waals surface area contributed by atoms with Gasteiger partial charge in [0.1, 0.15) is 5.82 Å². The number of hydrogen-bond acceptors (Lipinski definition) is 2. The van der Waals surface area contributed by atoms with E-state index in [-0.39, 0.29) is 30.2 Å². The Balaban J connectivity index is 0.00000162. The summed E-state index contributed by atoms with van der Waals surface area (Å²) in [6.45, 7) is 1.36. The van der Waals surface area contributed by atoms with Crippen LogP contribution >= 0.6 is 12.4 Å². The molecule has 1 saturated heterocycles. The molecule has 0 spiro atoms. The summed E-state index contributed by atoms with van der Waals surface area (Å²) in [5.74, 6) is -0.172. The fourth-order valence-corrected chi connectivity index (χ4v) is 2.15. The van der Waals surface area contributed by atoms with Gasteiger partial charge in [-0.1, -0.05) is 12.1 Å². The van der Waals surface area contributed by atoms with E-state index < -0.39 is 0 Å². The highest BCUT2D eigenvalue weighted by Gasteiger charge is 2.24. The maximum Gasteiger partial charge on any atom is 0.239 e. The first-order chi connectivity index (χ1) is 8.16. The topological polar surface area (TPSA) is 32.3 Å². The number of benzene rings is 1. The zero-order chi connectivity index (χ0) is 12.3. The van der Waals surface area contributed by atoms with E-state index in [4.69, 9.17) is 0 Å². The van der Waals surface area contributed by atoms with Crippen LogP contribution in [0.4, 0.5) is 4.39 Å². The third kappa shape index (κ3) is 3.68. The Morgan fingerprint density at radius 3 is 2.94 bits per heavy atom. The van der Waals surface area contributed by atoms with Gasteiger partial charge in [-0.15, -0.1) is 12.4 Å². The van der Waals surface area contributed by atoms with Gasteiger partial charge in [-0.05, 0) is 37.1 Å². The molecule has 1 N–H and O–H groups in total. The molecule has 0 aliphatic carbocycles. The quantitative estimate of drug-likeness (QED) is 0.912. The third-order valence-electron chi connectivity index (χ3n) is 3.04. The van der Waals surface area contributed by atoms with E-state index in [9.17, 15) is 9.18 Å². The van der Waals surface area contributed by atoms with Gasteiger partial charge in [-0.2, -0.15) is 0 Å². The Bertz CT molecular complexity index is 408. The lowest BCUT2D eigenvalue weighted by Crippen LogP contribution is -2.41. The summed E-state index contributed by atoms with van der Waals surface area (Å²) < 4.78 is 13.0. The van der Waals surface area contributed by atoms with Crippen molar-refractivity contribution in [1.82, 2.24) is 10.2 Å². The monoisotopic (exact) mass is 272 g/mol. The molecule has 1 atom stereocenters. The second kappa shape index (κ2) is 6.71. The minimum Gasteiger partial charge on any atom is -0.340 e. The smallest absolute Gasteiger partial charge is 0.239 e. The third-order valence-corrected chi connectivity index (χ3v) is 3.04. The number of halogens is 2. The van der Waals surface area contributed by atoms with Crippen LogP contribution in [0.1, 0.15) is 18.4 Å². The fourth-order valence-electron chi connectivity index (χ4n) is 2.15. The zero-order valence-electron chi connectivity index (χ0n) is 10.4. The first-order valence-corrected chi connectivity index (χ1v) is 5.89. The molecule has 2 rings (SSSR count). The van der Waals surface area contributed by atoms with Crippen molar-refractivity contribution in [3.63, 3.8) is 0 Å². The highest BCUT2D eigenvalue weighted by molar-refractivity contribution is 5.85. The van der Waals surface area contributed by atoms with Crippen LogP contribution in [-0.4, -0.2) is 30.4 Å². The molecule has 0 saturated carbocycles. The van der Waals surface area contributed by atoms with Crippen molar-refractivity contribution < 1.29 is 9.18 Å². The number of nitrogens with one attached hydrogen (secondary N) is 1. The molecular weight excluding hydrogens is 255 g/mol. The lowest BCUT2D eigenvalue weighted by Gasteiger charge is -2.21. The number of hydrogen-bond donors (Lipinski definition) is 1. The van der Waals surface area contributed by atoms with E-state index in [2.05, 4.69) is 5.32 Å². The number of carbonyl (C=O) groups excluding carboxylic acids is 1. The van der Waals surface area contributed by atoms with Gasteiger partial charge in [0.05, 0.1) is 6.04 Å². The Kier molecular flexibility index (Phi) is 5.56. The molecule has 1 aliphatic heterocycles. The van der Waals surface area contributed by atoms with E-state index in [0.717, 1.165) is 24.9 Å². The molecule has 1 aromatic rings. The summed E-state index contributed by atoms with van der Waals surface area (Å²) in [5, 5.41) is 3.17. The van der Waals surface area contributed by atoms with Crippen LogP contribution in [0.15, 0.2) is 24.3 Å². The van der Waals surface area contributed by atoms with Crippen LogP contribution in [0.3, 0.4) is 0 Å². The molecule has 1 aliphatic rings. The van der Waals surface area contributed by atoms with Gasteiger partial charge < -0.3 is 10.2 Å². The van der Waals surface area contributed by atoms with Crippen molar-refractivity contribution in [3.05, 3.63) is 35.6 Å². The summed E-state index contributed by atoms with van der Waals surface area (Å²) in [4.78, 5) is 13.7. The summed E-state index contributed by atoms with van der Waals surface area (Å²) in [7, 11) is 1.76. The normalized spacial score (nSPS) is 18.2.